The minimum atomic E-state index is -0.610. The Morgan fingerprint density at radius 1 is 1.03 bits per heavy atom. The number of hydrogen-bond donors (Lipinski definition) is 3. The van der Waals surface area contributed by atoms with Crippen molar-refractivity contribution in [3.05, 3.63) is 83.9 Å². The molecule has 4 N–H and O–H groups in total. The van der Waals surface area contributed by atoms with Crippen LogP contribution >= 0.6 is 0 Å². The molecule has 0 unspecified atom stereocenters. The van der Waals surface area contributed by atoms with Crippen LogP contribution in [0.2, 0.25) is 0 Å². The zero-order valence-corrected chi connectivity index (χ0v) is 21.5. The molecule has 1 aliphatic heterocycles. The predicted molar refractivity (Wildman–Crippen MR) is 146 cm³/mol. The number of benzene rings is 3. The van der Waals surface area contributed by atoms with E-state index in [-0.39, 0.29) is 30.7 Å². The van der Waals surface area contributed by atoms with E-state index < -0.39 is 5.54 Å². The molecule has 4 aromatic rings. The van der Waals surface area contributed by atoms with Crippen LogP contribution < -0.4 is 16.0 Å². The molecule has 1 atom stereocenters. The lowest BCUT2D eigenvalue weighted by Crippen LogP contribution is -2.44. The van der Waals surface area contributed by atoms with Crippen molar-refractivity contribution in [2.24, 2.45) is 5.73 Å². The van der Waals surface area contributed by atoms with Crippen LogP contribution in [0.15, 0.2) is 72.8 Å². The number of H-pyrrole nitrogens is 1. The maximum atomic E-state index is 13.5. The first-order valence-electron chi connectivity index (χ1n) is 12.7. The number of aromatic nitrogens is 4. The Hall–Kier alpha value is -4.37. The van der Waals surface area contributed by atoms with Gasteiger partial charge in [0, 0.05) is 35.7 Å². The lowest BCUT2D eigenvalue weighted by molar-refractivity contribution is -0.123. The number of carbonyl (C=O) groups excluding carboxylic acids is 2. The Morgan fingerprint density at radius 3 is 2.45 bits per heavy atom. The number of nitrogens with two attached hydrogens (primary N) is 1. The average molecular weight is 510 g/mol. The van der Waals surface area contributed by atoms with Crippen molar-refractivity contribution in [1.29, 1.82) is 0 Å². The Morgan fingerprint density at radius 2 is 1.74 bits per heavy atom. The van der Waals surface area contributed by atoms with E-state index in [1.165, 1.54) is 0 Å². The fourth-order valence-corrected chi connectivity index (χ4v) is 4.89. The normalized spacial score (nSPS) is 15.6. The second kappa shape index (κ2) is 10.5. The number of fused-ring (bicyclic) bond motifs is 1. The van der Waals surface area contributed by atoms with E-state index in [2.05, 4.69) is 25.9 Å². The Balaban J connectivity index is 1.36. The Bertz CT molecular complexity index is 1430. The van der Waals surface area contributed by atoms with Gasteiger partial charge in [-0.2, -0.15) is 0 Å². The van der Waals surface area contributed by atoms with E-state index in [4.69, 9.17) is 5.73 Å². The van der Waals surface area contributed by atoms with Crippen LogP contribution in [0.25, 0.3) is 22.5 Å². The van der Waals surface area contributed by atoms with Crippen molar-refractivity contribution in [3.8, 4) is 22.5 Å². The molecule has 2 amide bonds. The zero-order valence-electron chi connectivity index (χ0n) is 21.5. The minimum absolute atomic E-state index is 0.0282. The van der Waals surface area contributed by atoms with Gasteiger partial charge >= 0.3 is 0 Å². The van der Waals surface area contributed by atoms with Crippen LogP contribution in [0.4, 0.5) is 5.69 Å². The van der Waals surface area contributed by atoms with Gasteiger partial charge in [-0.1, -0.05) is 66.7 Å². The van der Waals surface area contributed by atoms with E-state index in [9.17, 15) is 9.59 Å². The molecule has 0 saturated carbocycles. The topological polar surface area (TPSA) is 130 Å². The highest BCUT2D eigenvalue weighted by atomic mass is 16.2. The molecule has 0 bridgehead atoms. The Labute approximate surface area is 221 Å². The number of nitrogens with zero attached hydrogens (tertiary/aromatic N) is 4. The van der Waals surface area contributed by atoms with Crippen LogP contribution in [-0.2, 0) is 22.6 Å². The summed E-state index contributed by atoms with van der Waals surface area (Å²) in [6.45, 7) is 4.06. The van der Waals surface area contributed by atoms with E-state index in [1.807, 2.05) is 91.5 Å². The summed E-state index contributed by atoms with van der Waals surface area (Å²) < 4.78 is 0. The maximum absolute atomic E-state index is 13.5. The summed E-state index contributed by atoms with van der Waals surface area (Å²) >= 11 is 0. The molecule has 194 valence electrons. The van der Waals surface area contributed by atoms with Crippen LogP contribution in [0, 0.1) is 0 Å². The minimum Gasteiger partial charge on any atom is -0.352 e. The van der Waals surface area contributed by atoms with Gasteiger partial charge in [0.2, 0.25) is 11.8 Å². The van der Waals surface area contributed by atoms with E-state index in [1.54, 1.807) is 0 Å². The molecule has 1 aliphatic rings. The van der Waals surface area contributed by atoms with Gasteiger partial charge in [0.05, 0.1) is 6.54 Å². The van der Waals surface area contributed by atoms with Gasteiger partial charge in [-0.15, -0.1) is 5.10 Å². The third-order valence-electron chi connectivity index (χ3n) is 6.59. The number of carbonyl (C=O) groups is 2. The smallest absolute Gasteiger partial charge is 0.229 e. The highest BCUT2D eigenvalue weighted by molar-refractivity contribution is 5.96. The molecule has 0 radical (unpaired) electrons. The van der Waals surface area contributed by atoms with Gasteiger partial charge in [0.15, 0.2) is 5.82 Å². The molecule has 0 spiro atoms. The first-order valence-corrected chi connectivity index (χ1v) is 12.7. The standard InChI is InChI=1S/C29H31N7O2/c1-29(2,30)17-26(37)31-22-15-21-7-3-6-10-25(21)36(27(38)16-22)18-19-11-13-20(14-12-19)23-8-4-5-9-24(23)28-32-34-35-33-28/h3-14,22H,15-18,30H2,1-2H3,(H,31,37)(H,32,33,34,35)/t22-/m0/s1. The first-order chi connectivity index (χ1) is 18.3. The highest BCUT2D eigenvalue weighted by Crippen LogP contribution is 2.32. The third kappa shape index (κ3) is 5.78. The molecule has 5 rings (SSSR count). The highest BCUT2D eigenvalue weighted by Gasteiger charge is 2.29. The van der Waals surface area contributed by atoms with Crippen molar-refractivity contribution < 1.29 is 9.59 Å². The number of anilines is 1. The summed E-state index contributed by atoms with van der Waals surface area (Å²) in [6, 6.07) is 23.7. The predicted octanol–water partition coefficient (Wildman–Crippen LogP) is 3.63. The summed E-state index contributed by atoms with van der Waals surface area (Å²) in [6.07, 6.45) is 1.01. The van der Waals surface area contributed by atoms with Crippen molar-refractivity contribution in [2.75, 3.05) is 4.90 Å². The quantitative estimate of drug-likeness (QED) is 0.349. The van der Waals surface area contributed by atoms with E-state index in [0.29, 0.717) is 18.8 Å². The summed E-state index contributed by atoms with van der Waals surface area (Å²) in [5.41, 5.74) is 11.3. The van der Waals surface area contributed by atoms with Gasteiger partial charge in [0.25, 0.3) is 0 Å². The van der Waals surface area contributed by atoms with Gasteiger partial charge in [-0.25, -0.2) is 5.10 Å². The number of amides is 2. The number of hydrogen-bond acceptors (Lipinski definition) is 6. The van der Waals surface area contributed by atoms with Crippen molar-refractivity contribution in [3.63, 3.8) is 0 Å². The van der Waals surface area contributed by atoms with Gasteiger partial charge in [-0.05, 0) is 59.0 Å². The van der Waals surface area contributed by atoms with Gasteiger partial charge in [0.1, 0.15) is 0 Å². The third-order valence-corrected chi connectivity index (χ3v) is 6.59. The number of rotatable bonds is 7. The second-order valence-corrected chi connectivity index (χ2v) is 10.4. The van der Waals surface area contributed by atoms with Crippen LogP contribution in [-0.4, -0.2) is 44.0 Å². The average Bonchev–Trinajstić information content (AvgIpc) is 3.38. The number of tetrazole rings is 1. The zero-order chi connectivity index (χ0) is 26.7. The first kappa shape index (κ1) is 25.3. The van der Waals surface area contributed by atoms with E-state index >= 15 is 0 Å². The van der Waals surface area contributed by atoms with Crippen LogP contribution in [0.1, 0.15) is 37.8 Å². The molecule has 9 heteroatoms. The molecule has 0 saturated heterocycles. The lowest BCUT2D eigenvalue weighted by Gasteiger charge is -2.23. The molecule has 9 nitrogen and oxygen atoms in total. The van der Waals surface area contributed by atoms with Crippen molar-refractivity contribution in [1.82, 2.24) is 25.9 Å². The largest absolute Gasteiger partial charge is 0.352 e. The fourth-order valence-electron chi connectivity index (χ4n) is 4.89. The SMILES string of the molecule is CC(C)(N)CC(=O)N[C@@H]1CC(=O)N(Cc2ccc(-c3ccccc3-c3nnn[nH]3)cc2)c2ccccc2C1. The van der Waals surface area contributed by atoms with Crippen molar-refractivity contribution in [2.45, 2.75) is 51.2 Å². The van der Waals surface area contributed by atoms with Gasteiger partial charge in [-0.3, -0.25) is 9.59 Å². The molecule has 1 aromatic heterocycles. The number of para-hydroxylation sites is 1. The molecular formula is C29H31N7O2. The molecule has 2 heterocycles. The molecular weight excluding hydrogens is 478 g/mol. The molecule has 3 aromatic carbocycles. The van der Waals surface area contributed by atoms with E-state index in [0.717, 1.165) is 33.5 Å². The van der Waals surface area contributed by atoms with Crippen LogP contribution in [0.5, 0.6) is 0 Å². The summed E-state index contributed by atoms with van der Waals surface area (Å²) in [7, 11) is 0. The summed E-state index contributed by atoms with van der Waals surface area (Å²) in [5.74, 6) is 0.436. The summed E-state index contributed by atoms with van der Waals surface area (Å²) in [4.78, 5) is 27.8. The number of nitrogens with one attached hydrogen (secondary N) is 2. The molecule has 38 heavy (non-hydrogen) atoms. The molecule has 0 fully saturated rings. The second-order valence-electron chi connectivity index (χ2n) is 10.4. The number of aromatic amines is 1. The van der Waals surface area contributed by atoms with Gasteiger partial charge < -0.3 is 16.0 Å². The monoisotopic (exact) mass is 509 g/mol. The molecule has 0 aliphatic carbocycles. The summed E-state index contributed by atoms with van der Waals surface area (Å²) in [5, 5.41) is 17.3. The lowest BCUT2D eigenvalue weighted by atomic mass is 9.98. The Kier molecular flexibility index (Phi) is 7.02. The maximum Gasteiger partial charge on any atom is 0.229 e. The van der Waals surface area contributed by atoms with Crippen LogP contribution in [0.3, 0.4) is 0 Å². The van der Waals surface area contributed by atoms with Crippen molar-refractivity contribution >= 4 is 17.5 Å². The fraction of sp³-hybridized carbons (Fsp3) is 0.276.